The van der Waals surface area contributed by atoms with Crippen molar-refractivity contribution in [2.24, 2.45) is 0 Å². The van der Waals surface area contributed by atoms with E-state index in [0.717, 1.165) is 11.1 Å². The third kappa shape index (κ3) is 6.70. The largest absolute Gasteiger partial charge is 0.364 e. The fourth-order valence-electron chi connectivity index (χ4n) is 3.24. The zero-order valence-electron chi connectivity index (χ0n) is 18.4. The molecule has 1 aromatic carbocycles. The number of carbonyl (C=O) groups excluding carboxylic acids is 1. The summed E-state index contributed by atoms with van der Waals surface area (Å²) in [6.07, 6.45) is 1.11. The van der Waals surface area contributed by atoms with Crippen molar-refractivity contribution < 1.29 is 13.6 Å². The van der Waals surface area contributed by atoms with Crippen LogP contribution in [0.2, 0.25) is 5.02 Å². The molecule has 0 bridgehead atoms. The minimum atomic E-state index is -3.23. The Morgan fingerprint density at radius 3 is 2.68 bits per heavy atom. The maximum absolute atomic E-state index is 14.4. The van der Waals surface area contributed by atoms with E-state index in [4.69, 9.17) is 11.6 Å². The van der Waals surface area contributed by atoms with Crippen LogP contribution in [0.15, 0.2) is 54.7 Å². The second kappa shape index (κ2) is 11.5. The lowest BCUT2D eigenvalue weighted by atomic mass is 10.1. The molecule has 0 unspecified atom stereocenters. The van der Waals surface area contributed by atoms with E-state index in [1.54, 1.807) is 18.2 Å². The third-order valence-corrected chi connectivity index (χ3v) is 5.20. The average Bonchev–Trinajstić information content (AvgIpc) is 2.84. The molecule has 0 spiro atoms. The van der Waals surface area contributed by atoms with Crippen molar-refractivity contribution in [3.05, 3.63) is 87.8 Å². The van der Waals surface area contributed by atoms with Crippen molar-refractivity contribution in [2.45, 2.75) is 25.4 Å². The molecule has 2 heterocycles. The van der Waals surface area contributed by atoms with Crippen LogP contribution in [0.4, 0.5) is 14.6 Å². The fraction of sp³-hybridized carbons (Fsp3) is 0.250. The van der Waals surface area contributed by atoms with E-state index in [-0.39, 0.29) is 41.6 Å². The monoisotopic (exact) mass is 484 g/mol. The molecule has 0 aliphatic rings. The fourth-order valence-corrected chi connectivity index (χ4v) is 3.43. The molecule has 3 N–H and O–H groups in total. The van der Waals surface area contributed by atoms with Gasteiger partial charge in [-0.05, 0) is 54.6 Å². The van der Waals surface area contributed by atoms with Gasteiger partial charge in [-0.1, -0.05) is 23.7 Å². The van der Waals surface area contributed by atoms with E-state index in [9.17, 15) is 18.8 Å². The van der Waals surface area contributed by atoms with Gasteiger partial charge in [0.05, 0.1) is 24.2 Å². The summed E-state index contributed by atoms with van der Waals surface area (Å²) in [6, 6.07) is 14.6. The smallest absolute Gasteiger partial charge is 0.306 e. The van der Waals surface area contributed by atoms with Gasteiger partial charge in [0.25, 0.3) is 0 Å². The molecule has 2 aromatic heterocycles. The lowest BCUT2D eigenvalue weighted by molar-refractivity contribution is -0.120. The Bertz CT molecular complexity index is 1180. The van der Waals surface area contributed by atoms with Gasteiger partial charge in [0.1, 0.15) is 17.6 Å². The zero-order chi connectivity index (χ0) is 24.6. The zero-order valence-corrected chi connectivity index (χ0v) is 19.2. The normalized spacial score (nSPS) is 11.0. The number of halogens is 3. The first-order chi connectivity index (χ1) is 16.3. The van der Waals surface area contributed by atoms with Gasteiger partial charge in [-0.25, -0.2) is 4.98 Å². The van der Waals surface area contributed by atoms with E-state index in [2.05, 4.69) is 25.9 Å². The van der Waals surface area contributed by atoms with Gasteiger partial charge < -0.3 is 16.0 Å². The highest BCUT2D eigenvalue weighted by Crippen LogP contribution is 2.26. The first kappa shape index (κ1) is 25.0. The Labute approximate surface area is 201 Å². The first-order valence-electron chi connectivity index (χ1n) is 10.4. The van der Waals surface area contributed by atoms with Gasteiger partial charge in [-0.3, -0.25) is 9.78 Å². The van der Waals surface area contributed by atoms with Crippen LogP contribution in [0.1, 0.15) is 28.1 Å². The number of carbonyl (C=O) groups is 1. The Hall–Kier alpha value is -3.61. The maximum atomic E-state index is 14.4. The van der Waals surface area contributed by atoms with Crippen LogP contribution in [-0.4, -0.2) is 29.5 Å². The van der Waals surface area contributed by atoms with Crippen LogP contribution in [-0.2, 0) is 30.2 Å². The summed E-state index contributed by atoms with van der Waals surface area (Å²) in [4.78, 5) is 20.5. The highest BCUT2D eigenvalue weighted by Gasteiger charge is 2.32. The van der Waals surface area contributed by atoms with Gasteiger partial charge in [0, 0.05) is 24.3 Å². The number of pyridine rings is 2. The molecule has 0 aliphatic heterocycles. The van der Waals surface area contributed by atoms with Crippen molar-refractivity contribution in [2.75, 3.05) is 18.9 Å². The number of rotatable bonds is 10. The number of anilines is 1. The predicted octanol–water partition coefficient (Wildman–Crippen LogP) is 3.78. The molecule has 34 heavy (non-hydrogen) atoms. The highest BCUT2D eigenvalue weighted by atomic mass is 35.5. The second-order valence-electron chi connectivity index (χ2n) is 7.47. The minimum absolute atomic E-state index is 0.128. The second-order valence-corrected chi connectivity index (χ2v) is 7.91. The third-order valence-electron chi connectivity index (χ3n) is 4.97. The summed E-state index contributed by atoms with van der Waals surface area (Å²) in [5.41, 5.74) is 1.86. The van der Waals surface area contributed by atoms with Crippen molar-refractivity contribution in [1.29, 1.82) is 5.26 Å². The Morgan fingerprint density at radius 1 is 1.15 bits per heavy atom. The first-order valence-corrected chi connectivity index (χ1v) is 10.8. The molecule has 1 amide bonds. The number of hydrogen-bond donors (Lipinski definition) is 3. The Balaban J connectivity index is 1.66. The van der Waals surface area contributed by atoms with E-state index in [1.165, 1.54) is 30.5 Å². The van der Waals surface area contributed by atoms with Crippen molar-refractivity contribution in [3.8, 4) is 6.07 Å². The topological polar surface area (TPSA) is 103 Å². The van der Waals surface area contributed by atoms with Crippen molar-refractivity contribution in [1.82, 2.24) is 20.6 Å². The molecule has 3 rings (SSSR count). The van der Waals surface area contributed by atoms with Crippen LogP contribution in [0.25, 0.3) is 0 Å². The van der Waals surface area contributed by atoms with Crippen molar-refractivity contribution in [3.63, 3.8) is 0 Å². The van der Waals surface area contributed by atoms with Gasteiger partial charge in [-0.2, -0.15) is 14.0 Å². The summed E-state index contributed by atoms with van der Waals surface area (Å²) in [5.74, 6) is -3.46. The number of aromatic nitrogens is 2. The van der Waals surface area contributed by atoms with Gasteiger partial charge >= 0.3 is 5.92 Å². The number of hydrogen-bond acceptors (Lipinski definition) is 6. The molecule has 0 saturated carbocycles. The Kier molecular flexibility index (Phi) is 8.46. The summed E-state index contributed by atoms with van der Waals surface area (Å²) < 4.78 is 28.8. The molecule has 10 heteroatoms. The van der Waals surface area contributed by atoms with Crippen LogP contribution in [0.3, 0.4) is 0 Å². The quantitative estimate of drug-likeness (QED) is 0.404. The van der Waals surface area contributed by atoms with Crippen LogP contribution in [0, 0.1) is 11.3 Å². The number of amides is 1. The average molecular weight is 485 g/mol. The highest BCUT2D eigenvalue weighted by molar-refractivity contribution is 6.30. The maximum Gasteiger partial charge on any atom is 0.306 e. The number of nitrogens with zero attached hydrogens (tertiary/aromatic N) is 3. The van der Waals surface area contributed by atoms with Gasteiger partial charge in [-0.15, -0.1) is 0 Å². The summed E-state index contributed by atoms with van der Waals surface area (Å²) in [7, 11) is 1.82. The lowest BCUT2D eigenvalue weighted by Gasteiger charge is -2.17. The molecule has 0 saturated heterocycles. The van der Waals surface area contributed by atoms with E-state index >= 15 is 0 Å². The molecule has 0 aliphatic carbocycles. The number of alkyl halides is 2. The summed E-state index contributed by atoms with van der Waals surface area (Å²) >= 11 is 6.08. The standard InChI is InChI=1S/C24H23ClF2N6O/c1-29-13-17-5-7-19(25)10-18(17)14-31-23(34)11-20-16(12-28)6-8-22(33-20)32-15-24(26,27)21-4-2-3-9-30-21/h2-10,29H,11,13-15H2,1H3,(H,31,34)(H,32,33). The van der Waals surface area contributed by atoms with Crippen LogP contribution < -0.4 is 16.0 Å². The molecular weight excluding hydrogens is 462 g/mol. The molecule has 3 aromatic rings. The van der Waals surface area contributed by atoms with E-state index in [0.29, 0.717) is 11.6 Å². The summed E-state index contributed by atoms with van der Waals surface area (Å²) in [6.45, 7) is 0.115. The minimum Gasteiger partial charge on any atom is -0.364 e. The number of benzene rings is 1. The Morgan fingerprint density at radius 2 is 1.97 bits per heavy atom. The molecular formula is C24H23ClF2N6O. The lowest BCUT2D eigenvalue weighted by Crippen LogP contribution is -2.27. The van der Waals surface area contributed by atoms with Gasteiger partial charge in [0.15, 0.2) is 0 Å². The van der Waals surface area contributed by atoms with Crippen LogP contribution >= 0.6 is 11.6 Å². The van der Waals surface area contributed by atoms with Crippen LogP contribution in [0.5, 0.6) is 0 Å². The predicted molar refractivity (Wildman–Crippen MR) is 125 cm³/mol. The molecule has 176 valence electrons. The summed E-state index contributed by atoms with van der Waals surface area (Å²) in [5, 5.41) is 18.4. The van der Waals surface area contributed by atoms with Gasteiger partial charge in [0.2, 0.25) is 5.91 Å². The molecule has 0 fully saturated rings. The number of nitrogens with one attached hydrogen (secondary N) is 3. The number of nitriles is 1. The van der Waals surface area contributed by atoms with Crippen molar-refractivity contribution >= 4 is 23.3 Å². The van der Waals surface area contributed by atoms with E-state index < -0.39 is 12.5 Å². The molecule has 7 nitrogen and oxygen atoms in total. The SMILES string of the molecule is CNCc1ccc(Cl)cc1CNC(=O)Cc1nc(NCC(F)(F)c2ccccn2)ccc1C#N. The molecule has 0 radical (unpaired) electrons. The molecule has 0 atom stereocenters. The van der Waals surface area contributed by atoms with E-state index in [1.807, 2.05) is 19.2 Å².